The van der Waals surface area contributed by atoms with Gasteiger partial charge in [0.2, 0.25) is 5.78 Å². The summed E-state index contributed by atoms with van der Waals surface area (Å²) >= 11 is 3.42. The summed E-state index contributed by atoms with van der Waals surface area (Å²) < 4.78 is 6.92. The van der Waals surface area contributed by atoms with E-state index in [1.165, 1.54) is 31.8 Å². The van der Waals surface area contributed by atoms with E-state index in [-0.39, 0.29) is 28.5 Å². The van der Waals surface area contributed by atoms with Crippen molar-refractivity contribution in [3.05, 3.63) is 33.7 Å². The van der Waals surface area contributed by atoms with Gasteiger partial charge in [-0.2, -0.15) is 0 Å². The minimum atomic E-state index is -0.389. The van der Waals surface area contributed by atoms with Crippen LogP contribution in [-0.2, 0) is 9.53 Å². The van der Waals surface area contributed by atoms with Crippen molar-refractivity contribution in [3.8, 4) is 0 Å². The zero-order chi connectivity index (χ0) is 18.2. The van der Waals surface area contributed by atoms with Gasteiger partial charge in [-0.05, 0) is 65.3 Å². The van der Waals surface area contributed by atoms with Crippen molar-refractivity contribution in [1.29, 1.82) is 0 Å². The molecule has 1 aliphatic heterocycles. The molecule has 0 amide bonds. The summed E-state index contributed by atoms with van der Waals surface area (Å²) in [6.07, 6.45) is 9.63. The average Bonchev–Trinajstić information content (AvgIpc) is 2.50. The number of allylic oxidation sites excluding steroid dienone is 2. The molecule has 2 fully saturated rings. The fourth-order valence-electron chi connectivity index (χ4n) is 6.29. The van der Waals surface area contributed by atoms with E-state index in [2.05, 4.69) is 49.7 Å². The van der Waals surface area contributed by atoms with Gasteiger partial charge in [-0.1, -0.05) is 33.3 Å². The number of ketones is 1. The molecule has 25 heavy (non-hydrogen) atoms. The lowest BCUT2D eigenvalue weighted by atomic mass is 9.45. The highest BCUT2D eigenvalue weighted by Gasteiger charge is 2.60. The van der Waals surface area contributed by atoms with E-state index in [1.54, 1.807) is 0 Å². The molecule has 4 rings (SSSR count). The van der Waals surface area contributed by atoms with E-state index in [1.807, 2.05) is 0 Å². The number of hydrogen-bond donors (Lipinski definition) is 1. The number of ether oxygens (including phenoxy) is 1. The van der Waals surface area contributed by atoms with E-state index in [4.69, 9.17) is 4.74 Å². The monoisotopic (exact) mass is 406 g/mol. The Kier molecular flexibility index (Phi) is 3.65. The van der Waals surface area contributed by atoms with E-state index in [0.29, 0.717) is 21.6 Å². The normalized spacial score (nSPS) is 42.5. The quantitative estimate of drug-likeness (QED) is 0.571. The largest absolute Gasteiger partial charge is 0.503 e. The van der Waals surface area contributed by atoms with E-state index in [0.717, 1.165) is 12.0 Å². The molecule has 0 spiro atoms. The first-order chi connectivity index (χ1) is 11.6. The molecule has 1 N–H and O–H groups in total. The van der Waals surface area contributed by atoms with E-state index in [9.17, 15) is 9.90 Å². The van der Waals surface area contributed by atoms with Crippen LogP contribution in [0.2, 0.25) is 0 Å². The number of carbonyl (C=O) groups is 1. The molecule has 4 heteroatoms. The second-order valence-electron chi connectivity index (χ2n) is 9.45. The van der Waals surface area contributed by atoms with Gasteiger partial charge in [0.25, 0.3) is 0 Å². The summed E-state index contributed by atoms with van der Waals surface area (Å²) in [7, 11) is 0. The van der Waals surface area contributed by atoms with E-state index < -0.39 is 0 Å². The van der Waals surface area contributed by atoms with Crippen LogP contribution in [0.1, 0.15) is 59.8 Å². The van der Waals surface area contributed by atoms with Crippen LogP contribution >= 0.6 is 15.9 Å². The molecule has 3 aliphatic carbocycles. The Morgan fingerprint density at radius 3 is 2.64 bits per heavy atom. The molecule has 0 aromatic heterocycles. The maximum absolute atomic E-state index is 12.0. The number of fused-ring (bicyclic) bond motifs is 4. The summed E-state index contributed by atoms with van der Waals surface area (Å²) in [4.78, 5) is 12.0. The minimum Gasteiger partial charge on any atom is -0.503 e. The molecule has 1 heterocycles. The van der Waals surface area contributed by atoms with Crippen LogP contribution in [0.3, 0.4) is 0 Å². The molecule has 4 unspecified atom stereocenters. The lowest BCUT2D eigenvalue weighted by molar-refractivity contribution is -0.162. The molecule has 136 valence electrons. The summed E-state index contributed by atoms with van der Waals surface area (Å²) in [5, 5.41) is 10.1. The average molecular weight is 407 g/mol. The molecule has 3 nitrogen and oxygen atoms in total. The molecule has 0 aromatic rings. The minimum absolute atomic E-state index is 0.178. The second-order valence-corrected chi connectivity index (χ2v) is 10.2. The van der Waals surface area contributed by atoms with Crippen LogP contribution in [0.15, 0.2) is 33.7 Å². The molecular weight excluding hydrogens is 380 g/mol. The van der Waals surface area contributed by atoms with Gasteiger partial charge in [0.05, 0.1) is 4.48 Å². The third kappa shape index (κ3) is 2.32. The lowest BCUT2D eigenvalue weighted by Gasteiger charge is -2.62. The zero-order valence-electron chi connectivity index (χ0n) is 15.5. The Labute approximate surface area is 158 Å². The fraction of sp³-hybridized carbons (Fsp3) is 0.667. The van der Waals surface area contributed by atoms with Crippen LogP contribution in [-0.4, -0.2) is 16.5 Å². The topological polar surface area (TPSA) is 46.5 Å². The third-order valence-corrected chi connectivity index (χ3v) is 8.26. The number of aliphatic hydroxyl groups is 1. The van der Waals surface area contributed by atoms with Gasteiger partial charge in [0.1, 0.15) is 11.4 Å². The smallest absolute Gasteiger partial charge is 0.225 e. The predicted molar refractivity (Wildman–Crippen MR) is 101 cm³/mol. The van der Waals surface area contributed by atoms with Crippen LogP contribution in [0, 0.1) is 22.7 Å². The number of carbonyl (C=O) groups excluding carboxylic acids is 1. The van der Waals surface area contributed by atoms with Crippen molar-refractivity contribution in [3.63, 3.8) is 0 Å². The summed E-state index contributed by atoms with van der Waals surface area (Å²) in [6, 6.07) is 0. The van der Waals surface area contributed by atoms with Crippen LogP contribution < -0.4 is 0 Å². The summed E-state index contributed by atoms with van der Waals surface area (Å²) in [5.74, 6) is 0.937. The molecule has 4 aliphatic rings. The van der Waals surface area contributed by atoms with Crippen LogP contribution in [0.25, 0.3) is 0 Å². The second kappa shape index (κ2) is 5.25. The molecule has 0 aromatic carbocycles. The fourth-order valence-corrected chi connectivity index (χ4v) is 6.81. The third-order valence-electron chi connectivity index (χ3n) is 7.46. The van der Waals surface area contributed by atoms with Gasteiger partial charge >= 0.3 is 0 Å². The van der Waals surface area contributed by atoms with Gasteiger partial charge in [0.15, 0.2) is 5.76 Å². The predicted octanol–water partition coefficient (Wildman–Crippen LogP) is 5.58. The lowest BCUT2D eigenvalue weighted by Crippen LogP contribution is -2.59. The highest BCUT2D eigenvalue weighted by molar-refractivity contribution is 9.12. The highest BCUT2D eigenvalue weighted by atomic mass is 79.9. The standard InChI is InChI=1S/C21H27BrO3/c1-19(2)7-5-8-20(3)15(19)6-9-21(4)16(20)10-12-14(25-21)11-13(23)18(24)17(12)22/h10-11,15-16,24H,5-9H2,1-4H3. The Bertz CT molecular complexity index is 744. The van der Waals surface area contributed by atoms with Gasteiger partial charge < -0.3 is 9.84 Å². The molecule has 0 saturated heterocycles. The van der Waals surface area contributed by atoms with Gasteiger partial charge in [-0.3, -0.25) is 4.79 Å². The Morgan fingerprint density at radius 1 is 1.20 bits per heavy atom. The number of rotatable bonds is 0. The summed E-state index contributed by atoms with van der Waals surface area (Å²) in [5.41, 5.74) is 1.08. The first kappa shape index (κ1) is 17.4. The number of aliphatic hydroxyl groups excluding tert-OH is 1. The van der Waals surface area contributed by atoms with Crippen molar-refractivity contribution in [2.24, 2.45) is 22.7 Å². The molecule has 0 radical (unpaired) electrons. The SMILES string of the molecule is CC1(C)CCCC2(C)C1CCC1(C)OC3=CC(=O)C(O)=C(Br)C3=CC12. The maximum Gasteiger partial charge on any atom is 0.225 e. The molecule has 0 bridgehead atoms. The Morgan fingerprint density at radius 2 is 1.92 bits per heavy atom. The molecule has 4 atom stereocenters. The molecular formula is C21H27BrO3. The van der Waals surface area contributed by atoms with Gasteiger partial charge in [-0.25, -0.2) is 0 Å². The van der Waals surface area contributed by atoms with E-state index >= 15 is 0 Å². The highest BCUT2D eigenvalue weighted by Crippen LogP contribution is 2.65. The number of hydrogen-bond acceptors (Lipinski definition) is 3. The van der Waals surface area contributed by atoms with Crippen molar-refractivity contribution in [2.75, 3.05) is 0 Å². The Hall–Kier alpha value is -1.03. The van der Waals surface area contributed by atoms with Gasteiger partial charge in [-0.15, -0.1) is 0 Å². The van der Waals surface area contributed by atoms with Crippen molar-refractivity contribution >= 4 is 21.7 Å². The first-order valence-electron chi connectivity index (χ1n) is 9.35. The maximum atomic E-state index is 12.0. The van der Waals surface area contributed by atoms with Crippen LogP contribution in [0.4, 0.5) is 0 Å². The zero-order valence-corrected chi connectivity index (χ0v) is 17.1. The summed E-state index contributed by atoms with van der Waals surface area (Å²) in [6.45, 7) is 9.47. The van der Waals surface area contributed by atoms with Crippen molar-refractivity contribution < 1.29 is 14.6 Å². The molecule has 2 saturated carbocycles. The number of halogens is 1. The van der Waals surface area contributed by atoms with Gasteiger partial charge in [0, 0.05) is 17.6 Å². The Balaban J connectivity index is 1.85. The van der Waals surface area contributed by atoms with Crippen molar-refractivity contribution in [2.45, 2.75) is 65.4 Å². The first-order valence-corrected chi connectivity index (χ1v) is 10.1. The van der Waals surface area contributed by atoms with Crippen molar-refractivity contribution in [1.82, 2.24) is 0 Å². The van der Waals surface area contributed by atoms with Crippen LogP contribution in [0.5, 0.6) is 0 Å².